The molecule has 2 aromatic carbocycles. The molecule has 0 aromatic heterocycles. The lowest BCUT2D eigenvalue weighted by Crippen LogP contribution is -2.39. The van der Waals surface area contributed by atoms with Crippen LogP contribution >= 0.6 is 0 Å². The number of carbonyl (C=O) groups excluding carboxylic acids is 2. The van der Waals surface area contributed by atoms with Gasteiger partial charge in [-0.2, -0.15) is 13.2 Å². The van der Waals surface area contributed by atoms with Crippen LogP contribution in [0, 0.1) is 13.8 Å². The van der Waals surface area contributed by atoms with Crippen molar-refractivity contribution in [3.63, 3.8) is 0 Å². The second kappa shape index (κ2) is 14.2. The Morgan fingerprint density at radius 1 is 1.05 bits per heavy atom. The number of nitrogens with one attached hydrogen (secondary N) is 3. The minimum absolute atomic E-state index is 0.266. The number of nitrogens with two attached hydrogens (primary N) is 1. The molecule has 37 heavy (non-hydrogen) atoms. The molecule has 0 aliphatic heterocycles. The largest absolute Gasteiger partial charge is 0.490 e. The number of amides is 2. The number of hydrogen-bond donors (Lipinski definition) is 6. The van der Waals surface area contributed by atoms with E-state index in [1.807, 2.05) is 32.0 Å². The molecule has 0 spiro atoms. The molecule has 0 saturated carbocycles. The van der Waals surface area contributed by atoms with Crippen molar-refractivity contribution in [1.29, 1.82) is 0 Å². The monoisotopic (exact) mass is 525 g/mol. The molecule has 2 aromatic rings. The molecular formula is C23H26F3N5O6. The van der Waals surface area contributed by atoms with Crippen LogP contribution in [0.5, 0.6) is 0 Å². The van der Waals surface area contributed by atoms with Crippen LogP contribution in [0.25, 0.3) is 0 Å². The average Bonchev–Trinajstić information content (AvgIpc) is 2.80. The van der Waals surface area contributed by atoms with Crippen molar-refractivity contribution in [2.75, 3.05) is 6.54 Å². The maximum atomic E-state index is 12.4. The average molecular weight is 525 g/mol. The molecule has 11 nitrogen and oxygen atoms in total. The molecular weight excluding hydrogens is 499 g/mol. The molecule has 200 valence electrons. The number of aliphatic carboxylic acids is 2. The fourth-order valence-electron chi connectivity index (χ4n) is 2.99. The van der Waals surface area contributed by atoms with Crippen LogP contribution in [0.4, 0.5) is 18.9 Å². The zero-order chi connectivity index (χ0) is 28.2. The van der Waals surface area contributed by atoms with Crippen LogP contribution in [-0.2, 0) is 14.4 Å². The van der Waals surface area contributed by atoms with E-state index in [9.17, 15) is 32.7 Å². The smallest absolute Gasteiger partial charge is 0.481 e. The van der Waals surface area contributed by atoms with Gasteiger partial charge in [0, 0.05) is 5.56 Å². The summed E-state index contributed by atoms with van der Waals surface area (Å²) in [5.41, 5.74) is 5.75. The molecule has 0 aliphatic rings. The Kier molecular flexibility index (Phi) is 11.7. The van der Waals surface area contributed by atoms with Gasteiger partial charge in [0.15, 0.2) is 0 Å². The quantitative estimate of drug-likeness (QED) is 0.124. The number of hydrazine groups is 1. The highest BCUT2D eigenvalue weighted by molar-refractivity contribution is 5.97. The molecule has 0 radical (unpaired) electrons. The number of halogens is 3. The first kappa shape index (κ1) is 30.6. The van der Waals surface area contributed by atoms with Gasteiger partial charge in [0.2, 0.25) is 5.91 Å². The number of carboxylic acids is 2. The zero-order valence-corrected chi connectivity index (χ0v) is 19.8. The van der Waals surface area contributed by atoms with E-state index in [0.29, 0.717) is 16.8 Å². The van der Waals surface area contributed by atoms with Crippen molar-refractivity contribution < 1.29 is 42.6 Å². The van der Waals surface area contributed by atoms with Gasteiger partial charge in [-0.3, -0.25) is 14.4 Å². The van der Waals surface area contributed by atoms with Crippen molar-refractivity contribution in [2.24, 2.45) is 10.8 Å². The lowest BCUT2D eigenvalue weighted by atomic mass is 9.99. The van der Waals surface area contributed by atoms with Gasteiger partial charge in [0.05, 0.1) is 24.7 Å². The fourth-order valence-corrected chi connectivity index (χ4v) is 2.99. The number of aryl methyl sites for hydroxylation is 2. The summed E-state index contributed by atoms with van der Waals surface area (Å²) in [4.78, 5) is 48.8. The Morgan fingerprint density at radius 2 is 1.65 bits per heavy atom. The molecule has 0 aliphatic carbocycles. The molecule has 0 saturated heterocycles. The van der Waals surface area contributed by atoms with Crippen molar-refractivity contribution in [2.45, 2.75) is 32.5 Å². The number of benzene rings is 2. The van der Waals surface area contributed by atoms with Crippen LogP contribution in [0.15, 0.2) is 47.5 Å². The normalized spacial score (nSPS) is 11.6. The van der Waals surface area contributed by atoms with E-state index in [2.05, 4.69) is 21.1 Å². The van der Waals surface area contributed by atoms with Crippen LogP contribution in [0.1, 0.15) is 39.5 Å². The lowest BCUT2D eigenvalue weighted by Gasteiger charge is -2.19. The molecule has 0 heterocycles. The molecule has 2 amide bonds. The Labute approximate surface area is 209 Å². The topological polar surface area (TPSA) is 183 Å². The highest BCUT2D eigenvalue weighted by Crippen LogP contribution is 2.20. The second-order valence-electron chi connectivity index (χ2n) is 7.60. The van der Waals surface area contributed by atoms with Gasteiger partial charge < -0.3 is 26.3 Å². The minimum atomic E-state index is -5.08. The van der Waals surface area contributed by atoms with Gasteiger partial charge in [-0.1, -0.05) is 35.4 Å². The first-order valence-electron chi connectivity index (χ1n) is 10.5. The standard InChI is InChI=1S/C21H25N5O4.C2HF3O2/c1-13-6-14(2)8-16(7-13)18(10-20(28)29)26-19(27)11-23-21(30)15-4-3-5-17(9-15)24-12-25-22;3-2(4,5)1(6)7/h3-9,12,18H,10-11,22H2,1-2H3,(H,23,30)(H,24,25)(H,26,27)(H,28,29);(H,6,7). The SMILES string of the molecule is Cc1cc(C)cc(C(CC(=O)O)NC(=O)CNC(=O)c2cccc(N=CNN)c2)c1.O=C(O)C(F)(F)F. The van der Waals surface area contributed by atoms with E-state index in [0.717, 1.165) is 11.1 Å². The first-order chi connectivity index (χ1) is 17.2. The predicted octanol–water partition coefficient (Wildman–Crippen LogP) is 2.12. The molecule has 0 bridgehead atoms. The summed E-state index contributed by atoms with van der Waals surface area (Å²) in [6.45, 7) is 3.51. The highest BCUT2D eigenvalue weighted by atomic mass is 19.4. The van der Waals surface area contributed by atoms with E-state index >= 15 is 0 Å². The first-order valence-corrected chi connectivity index (χ1v) is 10.5. The third kappa shape index (κ3) is 11.7. The molecule has 2 rings (SSSR count). The number of hydrogen-bond acceptors (Lipinski definition) is 6. The number of aliphatic imine (C=N–C) groups is 1. The predicted molar refractivity (Wildman–Crippen MR) is 127 cm³/mol. The second-order valence-corrected chi connectivity index (χ2v) is 7.60. The van der Waals surface area contributed by atoms with Gasteiger partial charge in [-0.05, 0) is 37.6 Å². The summed E-state index contributed by atoms with van der Waals surface area (Å²) >= 11 is 0. The summed E-state index contributed by atoms with van der Waals surface area (Å²) in [5.74, 6) is 0.387. The molecule has 1 atom stereocenters. The maximum absolute atomic E-state index is 12.4. The van der Waals surface area contributed by atoms with Gasteiger partial charge in [0.25, 0.3) is 5.91 Å². The summed E-state index contributed by atoms with van der Waals surface area (Å²) in [6, 6.07) is 11.4. The Morgan fingerprint density at radius 3 is 2.16 bits per heavy atom. The van der Waals surface area contributed by atoms with Crippen LogP contribution < -0.4 is 21.9 Å². The van der Waals surface area contributed by atoms with Crippen molar-refractivity contribution >= 4 is 35.8 Å². The van der Waals surface area contributed by atoms with Crippen LogP contribution in [0.2, 0.25) is 0 Å². The summed E-state index contributed by atoms with van der Waals surface area (Å²) in [6.07, 6.45) is -4.07. The molecule has 14 heteroatoms. The maximum Gasteiger partial charge on any atom is 0.490 e. The molecule has 7 N–H and O–H groups in total. The van der Waals surface area contributed by atoms with E-state index in [1.54, 1.807) is 24.3 Å². The van der Waals surface area contributed by atoms with Crippen molar-refractivity contribution in [3.8, 4) is 0 Å². The molecule has 0 fully saturated rings. The zero-order valence-electron chi connectivity index (χ0n) is 19.8. The van der Waals surface area contributed by atoms with Crippen LogP contribution in [0.3, 0.4) is 0 Å². The van der Waals surface area contributed by atoms with Crippen LogP contribution in [-0.4, -0.2) is 53.0 Å². The minimum Gasteiger partial charge on any atom is -0.481 e. The van der Waals surface area contributed by atoms with E-state index in [-0.39, 0.29) is 13.0 Å². The number of alkyl halides is 3. The summed E-state index contributed by atoms with van der Waals surface area (Å²) in [5, 5.41) is 21.5. The summed E-state index contributed by atoms with van der Waals surface area (Å²) in [7, 11) is 0. The number of rotatable bonds is 9. The Bertz CT molecular complexity index is 1130. The number of carboxylic acid groups (broad SMARTS) is 2. The Hall–Kier alpha value is -4.46. The van der Waals surface area contributed by atoms with Crippen molar-refractivity contribution in [3.05, 3.63) is 64.7 Å². The van der Waals surface area contributed by atoms with Crippen molar-refractivity contribution in [1.82, 2.24) is 16.1 Å². The van der Waals surface area contributed by atoms with Gasteiger partial charge in [-0.15, -0.1) is 0 Å². The third-order valence-electron chi connectivity index (χ3n) is 4.41. The highest BCUT2D eigenvalue weighted by Gasteiger charge is 2.38. The lowest BCUT2D eigenvalue weighted by molar-refractivity contribution is -0.192. The Balaban J connectivity index is 0.000000856. The fraction of sp³-hybridized carbons (Fsp3) is 0.261. The number of carbonyl (C=O) groups is 4. The molecule has 1 unspecified atom stereocenters. The van der Waals surface area contributed by atoms with E-state index in [1.165, 1.54) is 6.34 Å². The van der Waals surface area contributed by atoms with Gasteiger partial charge in [-0.25, -0.2) is 15.6 Å². The summed E-state index contributed by atoms with van der Waals surface area (Å²) < 4.78 is 31.7. The van der Waals surface area contributed by atoms with Gasteiger partial charge >= 0.3 is 18.1 Å². The number of nitrogens with zero attached hydrogens (tertiary/aromatic N) is 1. The van der Waals surface area contributed by atoms with Gasteiger partial charge in [0.1, 0.15) is 6.34 Å². The van der Waals surface area contributed by atoms with E-state index in [4.69, 9.17) is 15.7 Å². The third-order valence-corrected chi connectivity index (χ3v) is 4.41. The van der Waals surface area contributed by atoms with E-state index < -0.39 is 36.0 Å².